The number of amides is 1. The summed E-state index contributed by atoms with van der Waals surface area (Å²) in [5.74, 6) is -0.239. The minimum Gasteiger partial charge on any atom is -0.491 e. The van der Waals surface area contributed by atoms with Gasteiger partial charge in [-0.3, -0.25) is 9.78 Å². The number of pyridine rings is 1. The standard InChI is InChI=1S/C18H19FN2O3/c19-14-9-13(10-20-11-14)18(22)21-15-4-6-16(7-5-15)24-12-17-3-1-2-8-23-17/h4-7,9-11,17H,1-3,8,12H2,(H,21,22). The first kappa shape index (κ1) is 16.4. The average Bonchev–Trinajstić information content (AvgIpc) is 2.62. The number of ether oxygens (including phenoxy) is 2. The summed E-state index contributed by atoms with van der Waals surface area (Å²) in [4.78, 5) is 15.7. The van der Waals surface area contributed by atoms with Crippen LogP contribution >= 0.6 is 0 Å². The van der Waals surface area contributed by atoms with Crippen molar-refractivity contribution in [2.24, 2.45) is 0 Å². The van der Waals surface area contributed by atoms with Crippen molar-refractivity contribution in [3.05, 3.63) is 54.1 Å². The number of halogens is 1. The Morgan fingerprint density at radius 1 is 1.29 bits per heavy atom. The van der Waals surface area contributed by atoms with Crippen molar-refractivity contribution in [2.75, 3.05) is 18.5 Å². The van der Waals surface area contributed by atoms with Crippen LogP contribution in [0.3, 0.4) is 0 Å². The molecule has 6 heteroatoms. The molecule has 1 aromatic carbocycles. The van der Waals surface area contributed by atoms with Crippen LogP contribution in [0.25, 0.3) is 0 Å². The zero-order chi connectivity index (χ0) is 16.8. The fourth-order valence-corrected chi connectivity index (χ4v) is 2.50. The zero-order valence-electron chi connectivity index (χ0n) is 13.2. The summed E-state index contributed by atoms with van der Waals surface area (Å²) in [5.41, 5.74) is 0.773. The van der Waals surface area contributed by atoms with Crippen molar-refractivity contribution >= 4 is 11.6 Å². The van der Waals surface area contributed by atoms with Gasteiger partial charge in [0.15, 0.2) is 0 Å². The number of carbonyl (C=O) groups is 1. The van der Waals surface area contributed by atoms with Crippen LogP contribution in [0.5, 0.6) is 5.75 Å². The summed E-state index contributed by atoms with van der Waals surface area (Å²) in [6, 6.07) is 8.18. The quantitative estimate of drug-likeness (QED) is 0.912. The van der Waals surface area contributed by atoms with E-state index in [0.29, 0.717) is 12.3 Å². The van der Waals surface area contributed by atoms with Crippen molar-refractivity contribution in [3.63, 3.8) is 0 Å². The molecule has 1 N–H and O–H groups in total. The number of anilines is 1. The van der Waals surface area contributed by atoms with E-state index in [1.165, 1.54) is 12.6 Å². The maximum atomic E-state index is 13.1. The van der Waals surface area contributed by atoms with E-state index in [2.05, 4.69) is 10.3 Å². The van der Waals surface area contributed by atoms with Gasteiger partial charge in [0, 0.05) is 18.5 Å². The largest absolute Gasteiger partial charge is 0.491 e. The van der Waals surface area contributed by atoms with E-state index < -0.39 is 11.7 Å². The van der Waals surface area contributed by atoms with Crippen molar-refractivity contribution < 1.29 is 18.7 Å². The molecule has 1 amide bonds. The molecule has 2 aromatic rings. The Kier molecular flexibility index (Phi) is 5.38. The first-order valence-electron chi connectivity index (χ1n) is 7.97. The number of rotatable bonds is 5. The van der Waals surface area contributed by atoms with Gasteiger partial charge in [-0.2, -0.15) is 0 Å². The molecule has 1 aromatic heterocycles. The number of carbonyl (C=O) groups excluding carboxylic acids is 1. The van der Waals surface area contributed by atoms with Gasteiger partial charge in [0.1, 0.15) is 18.2 Å². The van der Waals surface area contributed by atoms with Crippen LogP contribution in [-0.4, -0.2) is 30.2 Å². The Morgan fingerprint density at radius 3 is 2.83 bits per heavy atom. The molecule has 126 valence electrons. The van der Waals surface area contributed by atoms with E-state index in [4.69, 9.17) is 9.47 Å². The minimum atomic E-state index is -0.545. The van der Waals surface area contributed by atoms with Gasteiger partial charge in [-0.15, -0.1) is 0 Å². The van der Waals surface area contributed by atoms with Gasteiger partial charge in [0.2, 0.25) is 0 Å². The van der Waals surface area contributed by atoms with Gasteiger partial charge in [0.05, 0.1) is 17.9 Å². The molecule has 0 saturated carbocycles. The highest BCUT2D eigenvalue weighted by atomic mass is 19.1. The number of benzene rings is 1. The molecule has 0 bridgehead atoms. The van der Waals surface area contributed by atoms with Crippen molar-refractivity contribution in [1.82, 2.24) is 4.98 Å². The lowest BCUT2D eigenvalue weighted by molar-refractivity contribution is -0.0110. The van der Waals surface area contributed by atoms with Crippen LogP contribution in [0, 0.1) is 5.82 Å². The summed E-state index contributed by atoms with van der Waals surface area (Å²) in [7, 11) is 0. The maximum absolute atomic E-state index is 13.1. The fourth-order valence-electron chi connectivity index (χ4n) is 2.50. The molecule has 24 heavy (non-hydrogen) atoms. The number of hydrogen-bond donors (Lipinski definition) is 1. The lowest BCUT2D eigenvalue weighted by atomic mass is 10.1. The van der Waals surface area contributed by atoms with E-state index in [0.717, 1.165) is 37.5 Å². The monoisotopic (exact) mass is 330 g/mol. The van der Waals surface area contributed by atoms with E-state index in [1.54, 1.807) is 24.3 Å². The Morgan fingerprint density at radius 2 is 2.12 bits per heavy atom. The normalized spacial score (nSPS) is 17.3. The fraction of sp³-hybridized carbons (Fsp3) is 0.333. The Labute approximate surface area is 139 Å². The molecule has 2 heterocycles. The topological polar surface area (TPSA) is 60.5 Å². The summed E-state index contributed by atoms with van der Waals surface area (Å²) in [6.45, 7) is 1.33. The smallest absolute Gasteiger partial charge is 0.257 e. The van der Waals surface area contributed by atoms with Crippen LogP contribution in [-0.2, 0) is 4.74 Å². The number of nitrogens with one attached hydrogen (secondary N) is 1. The summed E-state index contributed by atoms with van der Waals surface area (Å²) in [6.07, 6.45) is 5.84. The van der Waals surface area contributed by atoms with Gasteiger partial charge >= 0.3 is 0 Å². The van der Waals surface area contributed by atoms with Crippen LogP contribution in [0.15, 0.2) is 42.7 Å². The van der Waals surface area contributed by atoms with Gasteiger partial charge in [-0.1, -0.05) is 0 Å². The molecule has 1 aliphatic rings. The van der Waals surface area contributed by atoms with Crippen molar-refractivity contribution in [2.45, 2.75) is 25.4 Å². The highest BCUT2D eigenvalue weighted by Crippen LogP contribution is 2.19. The predicted molar refractivity (Wildman–Crippen MR) is 87.7 cm³/mol. The van der Waals surface area contributed by atoms with E-state index in [-0.39, 0.29) is 11.7 Å². The van der Waals surface area contributed by atoms with Gasteiger partial charge in [0.25, 0.3) is 5.91 Å². The first-order chi connectivity index (χ1) is 11.7. The third-order valence-corrected chi connectivity index (χ3v) is 3.79. The lowest BCUT2D eigenvalue weighted by Crippen LogP contribution is -2.25. The molecule has 0 spiro atoms. The summed E-state index contributed by atoms with van der Waals surface area (Å²) < 4.78 is 24.4. The molecule has 0 aliphatic carbocycles. The molecule has 5 nitrogen and oxygen atoms in total. The molecule has 3 rings (SSSR count). The number of aromatic nitrogens is 1. The Bertz CT molecular complexity index is 685. The van der Waals surface area contributed by atoms with Gasteiger partial charge in [-0.25, -0.2) is 4.39 Å². The van der Waals surface area contributed by atoms with Crippen LogP contribution in [0.4, 0.5) is 10.1 Å². The maximum Gasteiger partial charge on any atom is 0.257 e. The Balaban J connectivity index is 1.53. The Hall–Kier alpha value is -2.47. The molecular formula is C18H19FN2O3. The molecule has 1 unspecified atom stereocenters. The van der Waals surface area contributed by atoms with Gasteiger partial charge < -0.3 is 14.8 Å². The van der Waals surface area contributed by atoms with Crippen LogP contribution in [0.2, 0.25) is 0 Å². The molecule has 1 fully saturated rings. The van der Waals surface area contributed by atoms with Crippen LogP contribution in [0.1, 0.15) is 29.6 Å². The third-order valence-electron chi connectivity index (χ3n) is 3.79. The van der Waals surface area contributed by atoms with Crippen molar-refractivity contribution in [1.29, 1.82) is 0 Å². The third kappa shape index (κ3) is 4.52. The van der Waals surface area contributed by atoms with E-state index in [9.17, 15) is 9.18 Å². The molecule has 1 atom stereocenters. The number of nitrogens with zero attached hydrogens (tertiary/aromatic N) is 1. The summed E-state index contributed by atoms with van der Waals surface area (Å²) in [5, 5.41) is 2.69. The highest BCUT2D eigenvalue weighted by molar-refractivity contribution is 6.04. The first-order valence-corrected chi connectivity index (χ1v) is 7.97. The second kappa shape index (κ2) is 7.88. The van der Waals surface area contributed by atoms with Crippen molar-refractivity contribution in [3.8, 4) is 5.75 Å². The van der Waals surface area contributed by atoms with Gasteiger partial charge in [-0.05, 0) is 49.6 Å². The highest BCUT2D eigenvalue weighted by Gasteiger charge is 2.14. The molecule has 1 saturated heterocycles. The SMILES string of the molecule is O=C(Nc1ccc(OCC2CCCCO2)cc1)c1cncc(F)c1. The predicted octanol–water partition coefficient (Wildman–Crippen LogP) is 3.42. The van der Waals surface area contributed by atoms with E-state index in [1.807, 2.05) is 0 Å². The van der Waals surface area contributed by atoms with Crippen LogP contribution < -0.4 is 10.1 Å². The minimum absolute atomic E-state index is 0.151. The second-order valence-electron chi connectivity index (χ2n) is 5.67. The molecular weight excluding hydrogens is 311 g/mol. The summed E-state index contributed by atoms with van der Waals surface area (Å²) >= 11 is 0. The second-order valence-corrected chi connectivity index (χ2v) is 5.67. The van der Waals surface area contributed by atoms with E-state index >= 15 is 0 Å². The molecule has 0 radical (unpaired) electrons. The number of hydrogen-bond acceptors (Lipinski definition) is 4. The molecule has 1 aliphatic heterocycles. The zero-order valence-corrected chi connectivity index (χ0v) is 13.2. The average molecular weight is 330 g/mol. The lowest BCUT2D eigenvalue weighted by Gasteiger charge is -2.22.